The lowest BCUT2D eigenvalue weighted by atomic mass is 10.1. The standard InChI is InChI=1S/C19H13FN5/c20-16-4-2-1-3-14(16)13-9-22-19(23-10-13)25-17-7-8-21-11-15(17)18(24-25)12-5-6-12/h1-4,7,9-12H,5-6H2. The Morgan fingerprint density at radius 3 is 2.64 bits per heavy atom. The van der Waals surface area contributed by atoms with Crippen LogP contribution in [0.2, 0.25) is 0 Å². The van der Waals surface area contributed by atoms with Gasteiger partial charge in [-0.05, 0) is 25.0 Å². The van der Waals surface area contributed by atoms with Gasteiger partial charge in [0.15, 0.2) is 0 Å². The Morgan fingerprint density at radius 2 is 1.88 bits per heavy atom. The molecule has 0 saturated heterocycles. The smallest absolute Gasteiger partial charge is 0.251 e. The van der Waals surface area contributed by atoms with Crippen molar-refractivity contribution in [1.29, 1.82) is 0 Å². The van der Waals surface area contributed by atoms with Crippen LogP contribution in [0.15, 0.2) is 48.9 Å². The van der Waals surface area contributed by atoms with E-state index in [1.165, 1.54) is 6.07 Å². The van der Waals surface area contributed by atoms with E-state index in [4.69, 9.17) is 5.10 Å². The normalized spacial score (nSPS) is 14.1. The van der Waals surface area contributed by atoms with Gasteiger partial charge in [-0.3, -0.25) is 4.98 Å². The van der Waals surface area contributed by atoms with Crippen molar-refractivity contribution in [3.8, 4) is 17.1 Å². The fourth-order valence-corrected chi connectivity index (χ4v) is 3.01. The molecular formula is C19H13FN5. The fraction of sp³-hybridized carbons (Fsp3) is 0.158. The molecule has 0 amide bonds. The number of benzene rings is 1. The van der Waals surface area contributed by atoms with Crippen molar-refractivity contribution >= 4 is 10.9 Å². The van der Waals surface area contributed by atoms with Crippen molar-refractivity contribution in [3.05, 3.63) is 66.6 Å². The molecule has 5 rings (SSSR count). The maximum Gasteiger partial charge on any atom is 0.251 e. The second kappa shape index (κ2) is 5.44. The van der Waals surface area contributed by atoms with Crippen LogP contribution in [0.5, 0.6) is 0 Å². The summed E-state index contributed by atoms with van der Waals surface area (Å²) in [5.74, 6) is 0.655. The van der Waals surface area contributed by atoms with E-state index in [1.807, 2.05) is 0 Å². The van der Waals surface area contributed by atoms with Crippen LogP contribution in [0.4, 0.5) is 4.39 Å². The van der Waals surface area contributed by atoms with E-state index in [0.717, 1.165) is 29.4 Å². The van der Waals surface area contributed by atoms with Gasteiger partial charge in [0.25, 0.3) is 5.95 Å². The number of pyridine rings is 1. The van der Waals surface area contributed by atoms with E-state index in [1.54, 1.807) is 47.5 Å². The van der Waals surface area contributed by atoms with Crippen LogP contribution in [0.3, 0.4) is 0 Å². The minimum atomic E-state index is -0.292. The second-order valence-electron chi connectivity index (χ2n) is 6.15. The lowest BCUT2D eigenvalue weighted by Gasteiger charge is -2.04. The molecule has 25 heavy (non-hydrogen) atoms. The quantitative estimate of drug-likeness (QED) is 0.575. The average molecular weight is 330 g/mol. The first-order valence-corrected chi connectivity index (χ1v) is 8.13. The van der Waals surface area contributed by atoms with Gasteiger partial charge in [0.1, 0.15) is 5.82 Å². The van der Waals surface area contributed by atoms with Gasteiger partial charge in [0, 0.05) is 41.0 Å². The molecule has 5 nitrogen and oxygen atoms in total. The largest absolute Gasteiger partial charge is 0.254 e. The Labute approximate surface area is 143 Å². The maximum absolute atomic E-state index is 13.9. The number of rotatable bonds is 3. The average Bonchev–Trinajstić information content (AvgIpc) is 3.43. The number of aromatic nitrogens is 5. The Hall–Kier alpha value is -3.15. The summed E-state index contributed by atoms with van der Waals surface area (Å²) in [6, 6.07) is 8.38. The SMILES string of the molecule is Fc1ccccc1-c1cnc(-n2nc(C3CC3)c3cn[c]cc32)nc1. The van der Waals surface area contributed by atoms with Crippen molar-refractivity contribution in [2.75, 3.05) is 0 Å². The van der Waals surface area contributed by atoms with Crippen LogP contribution in [-0.2, 0) is 0 Å². The number of hydrogen-bond donors (Lipinski definition) is 0. The van der Waals surface area contributed by atoms with E-state index >= 15 is 0 Å². The van der Waals surface area contributed by atoms with Gasteiger partial charge in [-0.1, -0.05) is 18.2 Å². The highest BCUT2D eigenvalue weighted by atomic mass is 19.1. The number of fused-ring (bicyclic) bond motifs is 1. The summed E-state index contributed by atoms with van der Waals surface area (Å²) in [4.78, 5) is 12.9. The summed E-state index contributed by atoms with van der Waals surface area (Å²) >= 11 is 0. The molecule has 6 heteroatoms. The Balaban J connectivity index is 1.60. The van der Waals surface area contributed by atoms with Crippen LogP contribution in [0.1, 0.15) is 24.5 Å². The molecule has 121 valence electrons. The van der Waals surface area contributed by atoms with E-state index in [2.05, 4.69) is 21.1 Å². The van der Waals surface area contributed by atoms with E-state index in [0.29, 0.717) is 23.0 Å². The first-order chi connectivity index (χ1) is 12.3. The zero-order chi connectivity index (χ0) is 16.8. The van der Waals surface area contributed by atoms with Crippen LogP contribution in [0, 0.1) is 12.0 Å². The first-order valence-electron chi connectivity index (χ1n) is 8.13. The predicted octanol–water partition coefficient (Wildman–Crippen LogP) is 3.69. The van der Waals surface area contributed by atoms with Gasteiger partial charge in [-0.15, -0.1) is 0 Å². The van der Waals surface area contributed by atoms with Gasteiger partial charge in [-0.2, -0.15) is 9.78 Å². The molecule has 1 aliphatic rings. The summed E-state index contributed by atoms with van der Waals surface area (Å²) in [6.45, 7) is 0. The van der Waals surface area contributed by atoms with Crippen LogP contribution >= 0.6 is 0 Å². The third-order valence-corrected chi connectivity index (χ3v) is 4.43. The van der Waals surface area contributed by atoms with Gasteiger partial charge < -0.3 is 0 Å². The molecule has 1 radical (unpaired) electrons. The van der Waals surface area contributed by atoms with Gasteiger partial charge in [0.2, 0.25) is 0 Å². The summed E-state index contributed by atoms with van der Waals surface area (Å²) in [6.07, 6.45) is 10.2. The summed E-state index contributed by atoms with van der Waals surface area (Å²) in [7, 11) is 0. The highest BCUT2D eigenvalue weighted by molar-refractivity contribution is 5.82. The molecule has 3 heterocycles. The Morgan fingerprint density at radius 1 is 1.08 bits per heavy atom. The molecule has 0 aliphatic heterocycles. The molecule has 1 fully saturated rings. The monoisotopic (exact) mass is 330 g/mol. The number of halogens is 1. The molecule has 0 bridgehead atoms. The molecule has 4 aromatic rings. The Bertz CT molecular complexity index is 1070. The van der Waals surface area contributed by atoms with Gasteiger partial charge >= 0.3 is 0 Å². The van der Waals surface area contributed by atoms with Gasteiger partial charge in [-0.25, -0.2) is 14.4 Å². The zero-order valence-corrected chi connectivity index (χ0v) is 13.2. The minimum absolute atomic E-state index is 0.292. The molecule has 1 saturated carbocycles. The number of hydrogen-bond acceptors (Lipinski definition) is 4. The third kappa shape index (κ3) is 2.38. The minimum Gasteiger partial charge on any atom is -0.254 e. The van der Waals surface area contributed by atoms with E-state index < -0.39 is 0 Å². The second-order valence-corrected chi connectivity index (χ2v) is 6.15. The van der Waals surface area contributed by atoms with Crippen LogP contribution in [0.25, 0.3) is 28.0 Å². The predicted molar refractivity (Wildman–Crippen MR) is 90.7 cm³/mol. The van der Waals surface area contributed by atoms with Crippen molar-refractivity contribution in [1.82, 2.24) is 24.7 Å². The van der Waals surface area contributed by atoms with E-state index in [9.17, 15) is 4.39 Å². The number of nitrogens with zero attached hydrogens (tertiary/aromatic N) is 5. The molecule has 1 aromatic carbocycles. The topological polar surface area (TPSA) is 56.5 Å². The molecule has 0 spiro atoms. The fourth-order valence-electron chi connectivity index (χ4n) is 3.01. The van der Waals surface area contributed by atoms with Crippen molar-refractivity contribution in [2.45, 2.75) is 18.8 Å². The molecule has 3 aromatic heterocycles. The highest BCUT2D eigenvalue weighted by Gasteiger charge is 2.29. The van der Waals surface area contributed by atoms with Crippen molar-refractivity contribution < 1.29 is 4.39 Å². The lowest BCUT2D eigenvalue weighted by molar-refractivity contribution is 0.631. The maximum atomic E-state index is 13.9. The lowest BCUT2D eigenvalue weighted by Crippen LogP contribution is -2.03. The van der Waals surface area contributed by atoms with Crippen molar-refractivity contribution in [2.24, 2.45) is 0 Å². The summed E-state index contributed by atoms with van der Waals surface area (Å²) in [5, 5.41) is 5.72. The molecule has 0 unspecified atom stereocenters. The molecule has 0 N–H and O–H groups in total. The molecule has 0 atom stereocenters. The van der Waals surface area contributed by atoms with E-state index in [-0.39, 0.29) is 5.82 Å². The molecular weight excluding hydrogens is 317 g/mol. The third-order valence-electron chi connectivity index (χ3n) is 4.43. The zero-order valence-electron chi connectivity index (χ0n) is 13.2. The Kier molecular flexibility index (Phi) is 3.09. The highest BCUT2D eigenvalue weighted by Crippen LogP contribution is 2.42. The van der Waals surface area contributed by atoms with Crippen molar-refractivity contribution in [3.63, 3.8) is 0 Å². The van der Waals surface area contributed by atoms with Gasteiger partial charge in [0.05, 0.1) is 17.4 Å². The van der Waals surface area contributed by atoms with Crippen LogP contribution < -0.4 is 0 Å². The summed E-state index contributed by atoms with van der Waals surface area (Å²) < 4.78 is 15.6. The molecule has 1 aliphatic carbocycles. The summed E-state index contributed by atoms with van der Waals surface area (Å²) in [5.41, 5.74) is 3.04. The first kappa shape index (κ1) is 14.2. The van der Waals surface area contributed by atoms with Crippen LogP contribution in [-0.4, -0.2) is 24.7 Å².